The molecule has 4 nitrogen and oxygen atoms in total. The minimum absolute atomic E-state index is 0.0413. The highest BCUT2D eigenvalue weighted by Crippen LogP contribution is 2.60. The molecule has 2 aromatic rings. The molecule has 0 aromatic heterocycles. The summed E-state index contributed by atoms with van der Waals surface area (Å²) in [5.41, 5.74) is 2.01. The molecular weight excluding hydrogens is 496 g/mol. The van der Waals surface area contributed by atoms with E-state index in [1.165, 1.54) is 0 Å². The van der Waals surface area contributed by atoms with Crippen molar-refractivity contribution in [3.8, 4) is 0 Å². The lowest BCUT2D eigenvalue weighted by Gasteiger charge is -2.30. The van der Waals surface area contributed by atoms with Crippen LogP contribution in [0.5, 0.6) is 0 Å². The average molecular weight is 516 g/mol. The lowest BCUT2D eigenvalue weighted by atomic mass is 9.77. The van der Waals surface area contributed by atoms with E-state index in [9.17, 15) is 0 Å². The highest BCUT2D eigenvalue weighted by atomic mass is 79.9. The lowest BCUT2D eigenvalue weighted by molar-refractivity contribution is 0.148. The molecule has 0 radical (unpaired) electrons. The Morgan fingerprint density at radius 3 is 1.52 bits per heavy atom. The fraction of sp³-hybridized carbons (Fsp3) is 0.391. The number of ether oxygens (including phenoxy) is 2. The van der Waals surface area contributed by atoms with Crippen LogP contribution in [0.3, 0.4) is 0 Å². The van der Waals surface area contributed by atoms with Crippen molar-refractivity contribution in [3.63, 3.8) is 0 Å². The van der Waals surface area contributed by atoms with E-state index in [1.807, 2.05) is 36.4 Å². The van der Waals surface area contributed by atoms with Crippen LogP contribution in [-0.4, -0.2) is 45.7 Å². The molecular formula is C23H20Br2N2O2. The van der Waals surface area contributed by atoms with Gasteiger partial charge in [0.15, 0.2) is 0 Å². The van der Waals surface area contributed by atoms with Crippen LogP contribution in [-0.2, 0) is 9.47 Å². The van der Waals surface area contributed by atoms with Gasteiger partial charge in [0.25, 0.3) is 0 Å². The summed E-state index contributed by atoms with van der Waals surface area (Å²) >= 11 is 7.81. The fourth-order valence-electron chi connectivity index (χ4n) is 5.45. The third kappa shape index (κ3) is 2.68. The monoisotopic (exact) mass is 514 g/mol. The number of benzene rings is 2. The minimum atomic E-state index is -0.0648. The van der Waals surface area contributed by atoms with Crippen molar-refractivity contribution >= 4 is 43.7 Å². The predicted molar refractivity (Wildman–Crippen MR) is 120 cm³/mol. The molecule has 0 N–H and O–H groups in total. The topological polar surface area (TPSA) is 43.2 Å². The SMILES string of the molecule is Br[C@H]1CC2(C[C@H](Br)[C@H]3OC(c4ccccc4)=N[C@H]32)[C@@H]2N=C(c3ccccc3)O[C@@H]21. The van der Waals surface area contributed by atoms with Crippen LogP contribution < -0.4 is 0 Å². The van der Waals surface area contributed by atoms with Gasteiger partial charge >= 0.3 is 0 Å². The summed E-state index contributed by atoms with van der Waals surface area (Å²) in [6.45, 7) is 0. The Bertz CT molecular complexity index is 913. The summed E-state index contributed by atoms with van der Waals surface area (Å²) in [5.74, 6) is 1.51. The first-order chi connectivity index (χ1) is 14.2. The van der Waals surface area contributed by atoms with E-state index >= 15 is 0 Å². The van der Waals surface area contributed by atoms with Gasteiger partial charge in [-0.2, -0.15) is 0 Å². The average Bonchev–Trinajstić information content (AvgIpc) is 3.48. The Labute approximate surface area is 186 Å². The Morgan fingerprint density at radius 2 is 1.10 bits per heavy atom. The smallest absolute Gasteiger partial charge is 0.216 e. The van der Waals surface area contributed by atoms with Gasteiger partial charge in [-0.05, 0) is 37.1 Å². The molecule has 29 heavy (non-hydrogen) atoms. The maximum absolute atomic E-state index is 6.36. The molecule has 6 rings (SSSR count). The maximum Gasteiger partial charge on any atom is 0.216 e. The van der Waals surface area contributed by atoms with Gasteiger partial charge in [0, 0.05) is 16.5 Å². The molecule has 0 amide bonds. The number of halogens is 2. The van der Waals surface area contributed by atoms with Crippen molar-refractivity contribution < 1.29 is 9.47 Å². The summed E-state index contributed by atoms with van der Waals surface area (Å²) in [7, 11) is 0. The molecule has 6 heteroatoms. The van der Waals surface area contributed by atoms with Crippen LogP contribution in [0.25, 0.3) is 0 Å². The van der Waals surface area contributed by atoms with Crippen molar-refractivity contribution in [1.29, 1.82) is 0 Å². The summed E-state index contributed by atoms with van der Waals surface area (Å²) in [5, 5.41) is 0. The molecule has 2 aromatic carbocycles. The standard InChI is InChI=1S/C23H20Br2N2O2/c24-15-11-23(19-17(15)28-21(26-19)13-7-3-1-4-8-13)12-16(25)18-20(23)27-22(29-18)14-9-5-2-6-10-14/h1-10,15-20H,11-12H2/t15-,16-,17+,18+,19+,20+,23?/m0/s1. The molecule has 2 saturated carbocycles. The summed E-state index contributed by atoms with van der Waals surface area (Å²) in [6.07, 6.45) is 2.07. The third-order valence-electron chi connectivity index (χ3n) is 6.71. The second-order valence-corrected chi connectivity index (χ2v) is 10.7. The number of nitrogens with zero attached hydrogens (tertiary/aromatic N) is 2. The van der Waals surface area contributed by atoms with E-state index < -0.39 is 0 Å². The van der Waals surface area contributed by atoms with Gasteiger partial charge in [0.05, 0.1) is 21.7 Å². The van der Waals surface area contributed by atoms with Crippen LogP contribution in [0.4, 0.5) is 0 Å². The summed E-state index contributed by atoms with van der Waals surface area (Å²) in [6, 6.07) is 20.5. The molecule has 1 spiro atoms. The van der Waals surface area contributed by atoms with Gasteiger partial charge in [0.2, 0.25) is 11.8 Å². The van der Waals surface area contributed by atoms with Crippen LogP contribution >= 0.6 is 31.9 Å². The summed E-state index contributed by atoms with van der Waals surface area (Å²) < 4.78 is 12.7. The highest BCUT2D eigenvalue weighted by molar-refractivity contribution is 9.09. The second-order valence-electron chi connectivity index (χ2n) is 8.33. The predicted octanol–water partition coefficient (Wildman–Crippen LogP) is 4.74. The normalized spacial score (nSPS) is 39.5. The van der Waals surface area contributed by atoms with Crippen molar-refractivity contribution in [2.75, 3.05) is 0 Å². The zero-order valence-corrected chi connectivity index (χ0v) is 18.8. The molecule has 6 atom stereocenters. The molecule has 148 valence electrons. The van der Waals surface area contributed by atoms with Crippen molar-refractivity contribution in [1.82, 2.24) is 0 Å². The van der Waals surface area contributed by atoms with Gasteiger partial charge in [-0.1, -0.05) is 68.3 Å². The largest absolute Gasteiger partial charge is 0.471 e. The Morgan fingerprint density at radius 1 is 0.690 bits per heavy atom. The third-order valence-corrected chi connectivity index (χ3v) is 8.40. The molecule has 2 aliphatic heterocycles. The van der Waals surface area contributed by atoms with E-state index in [4.69, 9.17) is 19.5 Å². The Kier molecular flexibility index (Phi) is 4.17. The maximum atomic E-state index is 6.36. The molecule has 4 aliphatic rings. The van der Waals surface area contributed by atoms with Crippen LogP contribution in [0, 0.1) is 5.41 Å². The lowest BCUT2D eigenvalue weighted by Crippen LogP contribution is -2.40. The first kappa shape index (κ1) is 18.1. The minimum Gasteiger partial charge on any atom is -0.471 e. The van der Waals surface area contributed by atoms with E-state index in [0.717, 1.165) is 35.8 Å². The molecule has 0 saturated heterocycles. The summed E-state index contributed by atoms with van der Waals surface area (Å²) in [4.78, 5) is 10.7. The number of alkyl halides is 2. The second kappa shape index (κ2) is 6.67. The van der Waals surface area contributed by atoms with Gasteiger partial charge in [-0.25, -0.2) is 9.98 Å². The van der Waals surface area contributed by atoms with Gasteiger partial charge < -0.3 is 9.47 Å². The highest BCUT2D eigenvalue weighted by Gasteiger charge is 2.68. The number of hydrogen-bond donors (Lipinski definition) is 0. The van der Waals surface area contributed by atoms with Crippen LogP contribution in [0.15, 0.2) is 70.6 Å². The first-order valence-electron chi connectivity index (χ1n) is 10.0. The number of fused-ring (bicyclic) bond motifs is 4. The number of hydrogen-bond acceptors (Lipinski definition) is 4. The van der Waals surface area contributed by atoms with Gasteiger partial charge in [-0.15, -0.1) is 0 Å². The van der Waals surface area contributed by atoms with Crippen LogP contribution in [0.1, 0.15) is 24.0 Å². The molecule has 0 bridgehead atoms. The van der Waals surface area contributed by atoms with Gasteiger partial charge in [0.1, 0.15) is 12.2 Å². The quantitative estimate of drug-likeness (QED) is 0.542. The van der Waals surface area contributed by atoms with E-state index in [2.05, 4.69) is 56.1 Å². The van der Waals surface area contributed by atoms with Crippen LogP contribution in [0.2, 0.25) is 0 Å². The fourth-order valence-corrected chi connectivity index (χ4v) is 7.45. The van der Waals surface area contributed by atoms with E-state index in [-0.39, 0.29) is 39.4 Å². The molecule has 0 unspecified atom stereocenters. The van der Waals surface area contributed by atoms with Crippen molar-refractivity contribution in [2.24, 2.45) is 15.4 Å². The molecule has 2 heterocycles. The Balaban J connectivity index is 1.39. The van der Waals surface area contributed by atoms with E-state index in [1.54, 1.807) is 0 Å². The Hall–Kier alpha value is -1.66. The zero-order valence-electron chi connectivity index (χ0n) is 15.6. The number of aliphatic imine (C=N–C) groups is 2. The first-order valence-corrected chi connectivity index (χ1v) is 11.9. The van der Waals surface area contributed by atoms with Gasteiger partial charge in [-0.3, -0.25) is 0 Å². The number of rotatable bonds is 2. The zero-order chi connectivity index (χ0) is 19.6. The van der Waals surface area contributed by atoms with E-state index in [0.29, 0.717) is 0 Å². The van der Waals surface area contributed by atoms with Crippen molar-refractivity contribution in [2.45, 2.75) is 46.8 Å². The molecule has 2 aliphatic carbocycles. The van der Waals surface area contributed by atoms with Crippen molar-refractivity contribution in [3.05, 3.63) is 71.8 Å². The molecule has 2 fully saturated rings.